The fourth-order valence-corrected chi connectivity index (χ4v) is 5.08. The van der Waals surface area contributed by atoms with Crippen LogP contribution in [0, 0.1) is 0 Å². The molecule has 0 saturated heterocycles. The van der Waals surface area contributed by atoms with E-state index in [1.807, 2.05) is 6.07 Å². The number of fused-ring (bicyclic) bond motifs is 1. The van der Waals surface area contributed by atoms with E-state index in [0.717, 1.165) is 24.2 Å². The van der Waals surface area contributed by atoms with Gasteiger partial charge in [0.2, 0.25) is 11.4 Å². The van der Waals surface area contributed by atoms with Crippen LogP contribution in [0.5, 0.6) is 5.75 Å². The van der Waals surface area contributed by atoms with E-state index >= 15 is 0 Å². The molecule has 0 unspecified atom stereocenters. The highest BCUT2D eigenvalue weighted by Gasteiger charge is 2.23. The van der Waals surface area contributed by atoms with Crippen molar-refractivity contribution >= 4 is 10.9 Å². The summed E-state index contributed by atoms with van der Waals surface area (Å²) in [6, 6.07) is 42.9. The van der Waals surface area contributed by atoms with E-state index in [9.17, 15) is 0 Å². The molecule has 37 heavy (non-hydrogen) atoms. The lowest BCUT2D eigenvalue weighted by molar-refractivity contribution is -0.674. The normalized spacial score (nSPS) is 11.1. The largest absolute Gasteiger partial charge is 0.497 e. The van der Waals surface area contributed by atoms with Crippen LogP contribution >= 0.6 is 0 Å². The Hall–Kier alpha value is -4.63. The summed E-state index contributed by atoms with van der Waals surface area (Å²) in [5.74, 6) is 0.878. The molecule has 4 aromatic carbocycles. The van der Waals surface area contributed by atoms with Crippen molar-refractivity contribution in [3.8, 4) is 39.4 Å². The number of H-pyrrole nitrogens is 1. The summed E-state index contributed by atoms with van der Waals surface area (Å²) < 4.78 is 7.97. The molecule has 0 amide bonds. The number of rotatable bonds is 7. The Morgan fingerprint density at radius 2 is 1.19 bits per heavy atom. The summed E-state index contributed by atoms with van der Waals surface area (Å²) in [6.07, 6.45) is 3.02. The topological polar surface area (TPSA) is 28.9 Å². The van der Waals surface area contributed by atoms with E-state index < -0.39 is 0 Å². The van der Waals surface area contributed by atoms with Crippen LogP contribution in [0.15, 0.2) is 128 Å². The summed E-state index contributed by atoms with van der Waals surface area (Å²) in [7, 11) is 1.72. The van der Waals surface area contributed by atoms with Crippen molar-refractivity contribution < 1.29 is 9.30 Å². The van der Waals surface area contributed by atoms with Gasteiger partial charge in [0, 0.05) is 46.8 Å². The number of hydrogen-bond donors (Lipinski definition) is 1. The van der Waals surface area contributed by atoms with E-state index in [0.29, 0.717) is 0 Å². The first-order valence-electron chi connectivity index (χ1n) is 12.7. The smallest absolute Gasteiger partial charge is 0.213 e. The molecule has 2 heterocycles. The third kappa shape index (κ3) is 4.64. The van der Waals surface area contributed by atoms with Crippen LogP contribution < -0.4 is 9.30 Å². The minimum Gasteiger partial charge on any atom is -0.497 e. The summed E-state index contributed by atoms with van der Waals surface area (Å²) in [5, 5.41) is 1.21. The van der Waals surface area contributed by atoms with Gasteiger partial charge in [-0.15, -0.1) is 0 Å². The molecule has 0 fully saturated rings. The lowest BCUT2D eigenvalue weighted by Gasteiger charge is -2.13. The van der Waals surface area contributed by atoms with Gasteiger partial charge in [-0.25, -0.2) is 0 Å². The second-order valence-corrected chi connectivity index (χ2v) is 9.24. The zero-order chi connectivity index (χ0) is 25.0. The first-order chi connectivity index (χ1) is 18.3. The zero-order valence-corrected chi connectivity index (χ0v) is 20.9. The molecular formula is C34H29N2O+. The molecule has 0 aliphatic carbocycles. The van der Waals surface area contributed by atoms with Gasteiger partial charge in [0.05, 0.1) is 7.11 Å². The van der Waals surface area contributed by atoms with Crippen LogP contribution in [0.3, 0.4) is 0 Å². The summed E-state index contributed by atoms with van der Waals surface area (Å²) in [6.45, 7) is 0.841. The Kier molecular flexibility index (Phi) is 6.26. The molecule has 0 atom stereocenters. The van der Waals surface area contributed by atoms with E-state index in [4.69, 9.17) is 4.74 Å². The van der Waals surface area contributed by atoms with Crippen LogP contribution in [0.1, 0.15) is 5.56 Å². The standard InChI is InChI=1S/C34H29N2O/c1-37-30-17-18-32-31(23-30)28(24-35-32)19-20-36-33(26-13-7-3-8-14-26)21-29(25-11-5-2-6-12-25)22-34(36)27-15-9-4-10-16-27/h2-18,21-24,35H,19-20H2,1H3/q+1. The summed E-state index contributed by atoms with van der Waals surface area (Å²) in [4.78, 5) is 3.43. The molecule has 6 rings (SSSR count). The average Bonchev–Trinajstić information content (AvgIpc) is 3.39. The maximum atomic E-state index is 5.50. The van der Waals surface area contributed by atoms with E-state index in [-0.39, 0.29) is 0 Å². The van der Waals surface area contributed by atoms with Crippen LogP contribution in [-0.4, -0.2) is 12.1 Å². The van der Waals surface area contributed by atoms with Crippen LogP contribution in [-0.2, 0) is 13.0 Å². The van der Waals surface area contributed by atoms with Crippen molar-refractivity contribution in [1.29, 1.82) is 0 Å². The van der Waals surface area contributed by atoms with Crippen molar-refractivity contribution in [2.45, 2.75) is 13.0 Å². The number of nitrogens with zero attached hydrogens (tertiary/aromatic N) is 1. The lowest BCUT2D eigenvalue weighted by atomic mass is 9.98. The SMILES string of the molecule is COc1ccc2[nH]cc(CC[n+]3c(-c4ccccc4)cc(-c4ccccc4)cc3-c3ccccc3)c2c1. The Morgan fingerprint density at radius 1 is 0.622 bits per heavy atom. The maximum Gasteiger partial charge on any atom is 0.213 e. The van der Waals surface area contributed by atoms with Gasteiger partial charge >= 0.3 is 0 Å². The highest BCUT2D eigenvalue weighted by atomic mass is 16.5. The summed E-state index contributed by atoms with van der Waals surface area (Å²) in [5.41, 5.74) is 9.67. The molecule has 6 aromatic rings. The molecule has 1 N–H and O–H groups in total. The third-order valence-electron chi connectivity index (χ3n) is 6.99. The van der Waals surface area contributed by atoms with Gasteiger partial charge in [-0.2, -0.15) is 4.57 Å². The number of methoxy groups -OCH3 is 1. The van der Waals surface area contributed by atoms with Crippen LogP contribution in [0.25, 0.3) is 44.5 Å². The second-order valence-electron chi connectivity index (χ2n) is 9.24. The number of pyridine rings is 1. The third-order valence-corrected chi connectivity index (χ3v) is 6.99. The molecule has 0 saturated carbocycles. The highest BCUT2D eigenvalue weighted by Crippen LogP contribution is 2.30. The highest BCUT2D eigenvalue weighted by molar-refractivity contribution is 5.84. The molecule has 0 aliphatic heterocycles. The molecule has 0 aliphatic rings. The minimum atomic E-state index is 0.841. The predicted octanol–water partition coefficient (Wildman–Crippen LogP) is 7.71. The summed E-state index contributed by atoms with van der Waals surface area (Å²) >= 11 is 0. The Labute approximate surface area is 217 Å². The fourth-order valence-electron chi connectivity index (χ4n) is 5.08. The molecule has 2 aromatic heterocycles. The number of benzene rings is 4. The first kappa shape index (κ1) is 22.8. The number of ether oxygens (including phenoxy) is 1. The van der Waals surface area contributed by atoms with Gasteiger partial charge in [0.25, 0.3) is 0 Å². The molecule has 0 spiro atoms. The zero-order valence-electron chi connectivity index (χ0n) is 20.9. The molecule has 0 bridgehead atoms. The molecule has 3 nitrogen and oxygen atoms in total. The molecule has 0 radical (unpaired) electrons. The van der Waals surface area contributed by atoms with Gasteiger partial charge in [0.1, 0.15) is 5.75 Å². The van der Waals surface area contributed by atoms with Crippen LogP contribution in [0.4, 0.5) is 0 Å². The Balaban J connectivity index is 1.51. The van der Waals surface area contributed by atoms with Gasteiger partial charge in [0.15, 0.2) is 6.54 Å². The van der Waals surface area contributed by atoms with E-state index in [1.165, 1.54) is 44.6 Å². The predicted molar refractivity (Wildman–Crippen MR) is 151 cm³/mol. The monoisotopic (exact) mass is 481 g/mol. The van der Waals surface area contributed by atoms with Crippen molar-refractivity contribution in [2.75, 3.05) is 7.11 Å². The van der Waals surface area contributed by atoms with Crippen molar-refractivity contribution in [2.24, 2.45) is 0 Å². The van der Waals surface area contributed by atoms with E-state index in [1.54, 1.807) is 7.11 Å². The van der Waals surface area contributed by atoms with Gasteiger partial charge in [-0.1, -0.05) is 66.7 Å². The number of aromatic amines is 1. The molecular weight excluding hydrogens is 452 g/mol. The molecule has 180 valence electrons. The van der Waals surface area contributed by atoms with Crippen molar-refractivity contribution in [3.05, 3.63) is 133 Å². The van der Waals surface area contributed by atoms with Gasteiger partial charge in [-0.05, 0) is 59.2 Å². The quantitative estimate of drug-likeness (QED) is 0.233. The van der Waals surface area contributed by atoms with E-state index in [2.05, 4.69) is 131 Å². The fraction of sp³-hybridized carbons (Fsp3) is 0.0882. The molecule has 3 heteroatoms. The number of aromatic nitrogens is 2. The van der Waals surface area contributed by atoms with Gasteiger partial charge in [-0.3, -0.25) is 0 Å². The number of aryl methyl sites for hydroxylation is 1. The average molecular weight is 482 g/mol. The minimum absolute atomic E-state index is 0.841. The first-order valence-corrected chi connectivity index (χ1v) is 12.7. The van der Waals surface area contributed by atoms with Gasteiger partial charge < -0.3 is 9.72 Å². The second kappa shape index (κ2) is 10.2. The van der Waals surface area contributed by atoms with Crippen molar-refractivity contribution in [1.82, 2.24) is 4.98 Å². The Bertz CT molecular complexity index is 1580. The number of nitrogens with one attached hydrogen (secondary N) is 1. The van der Waals surface area contributed by atoms with Crippen LogP contribution in [0.2, 0.25) is 0 Å². The Morgan fingerprint density at radius 3 is 1.76 bits per heavy atom. The van der Waals surface area contributed by atoms with Crippen molar-refractivity contribution in [3.63, 3.8) is 0 Å². The lowest BCUT2D eigenvalue weighted by Crippen LogP contribution is -2.40. The maximum absolute atomic E-state index is 5.50. The number of hydrogen-bond acceptors (Lipinski definition) is 1.